The fraction of sp³-hybridized carbons (Fsp3) is 0.333. The summed E-state index contributed by atoms with van der Waals surface area (Å²) in [4.78, 5) is 2.28. The third-order valence-corrected chi connectivity index (χ3v) is 4.43. The molecule has 0 bridgehead atoms. The van der Waals surface area contributed by atoms with Crippen LogP contribution in [0.15, 0.2) is 60.2 Å². The van der Waals surface area contributed by atoms with Crippen LogP contribution in [-0.4, -0.2) is 25.5 Å². The average Bonchev–Trinajstić information content (AvgIpc) is 2.65. The topological polar surface area (TPSA) is 3.24 Å². The van der Waals surface area contributed by atoms with Crippen molar-refractivity contribution >= 4 is 11.6 Å². The maximum atomic E-state index is 2.35. The molecule has 2 unspecified atom stereocenters. The van der Waals surface area contributed by atoms with Crippen molar-refractivity contribution in [2.45, 2.75) is 13.3 Å². The first-order chi connectivity index (χ1) is 10.6. The third-order valence-electron chi connectivity index (χ3n) is 4.43. The molecule has 0 amide bonds. The molecular formula is C21H25N. The van der Waals surface area contributed by atoms with Gasteiger partial charge >= 0.3 is 0 Å². The van der Waals surface area contributed by atoms with Crippen LogP contribution in [0.3, 0.4) is 0 Å². The largest absolute Gasteiger partial charge is 0.309 e. The van der Waals surface area contributed by atoms with Crippen LogP contribution in [0.2, 0.25) is 0 Å². The second-order valence-corrected chi connectivity index (χ2v) is 6.74. The number of rotatable bonds is 4. The Morgan fingerprint density at radius 2 is 1.91 bits per heavy atom. The van der Waals surface area contributed by atoms with Gasteiger partial charge in [0.25, 0.3) is 0 Å². The monoisotopic (exact) mass is 291 g/mol. The summed E-state index contributed by atoms with van der Waals surface area (Å²) < 4.78 is 0. The van der Waals surface area contributed by atoms with Crippen LogP contribution in [0.5, 0.6) is 0 Å². The molecule has 0 saturated heterocycles. The second-order valence-electron chi connectivity index (χ2n) is 6.74. The van der Waals surface area contributed by atoms with E-state index >= 15 is 0 Å². The highest BCUT2D eigenvalue weighted by Gasteiger charge is 2.20. The van der Waals surface area contributed by atoms with Gasteiger partial charge in [-0.3, -0.25) is 0 Å². The molecule has 0 fully saturated rings. The number of hydrogen-bond donors (Lipinski definition) is 0. The molecular weight excluding hydrogens is 266 g/mol. The predicted molar refractivity (Wildman–Crippen MR) is 95.8 cm³/mol. The minimum Gasteiger partial charge on any atom is -0.309 e. The lowest BCUT2D eigenvalue weighted by Gasteiger charge is -2.24. The first kappa shape index (κ1) is 15.1. The number of benzene rings is 1. The molecule has 0 radical (unpaired) electrons. The van der Waals surface area contributed by atoms with Gasteiger partial charge in [0.1, 0.15) is 0 Å². The van der Waals surface area contributed by atoms with Crippen molar-refractivity contribution in [2.24, 2.45) is 11.8 Å². The Morgan fingerprint density at radius 3 is 2.73 bits per heavy atom. The first-order valence-corrected chi connectivity index (χ1v) is 8.15. The Bertz CT molecular complexity index is 746. The number of nitrogens with zero attached hydrogens (tertiary/aromatic N) is 1. The lowest BCUT2D eigenvalue weighted by atomic mass is 9.83. The molecule has 0 N–H and O–H groups in total. The van der Waals surface area contributed by atoms with Crippen LogP contribution >= 0.6 is 0 Å². The molecule has 0 spiro atoms. The summed E-state index contributed by atoms with van der Waals surface area (Å²) in [5, 5.41) is 2.71. The molecule has 1 nitrogen and oxygen atoms in total. The van der Waals surface area contributed by atoms with Crippen molar-refractivity contribution in [2.75, 3.05) is 20.6 Å². The van der Waals surface area contributed by atoms with Crippen molar-refractivity contribution in [3.8, 4) is 0 Å². The fourth-order valence-corrected chi connectivity index (χ4v) is 3.61. The van der Waals surface area contributed by atoms with Gasteiger partial charge in [-0.15, -0.1) is 0 Å². The number of hydrogen-bond acceptors (Lipinski definition) is 1. The highest BCUT2D eigenvalue weighted by molar-refractivity contribution is 5.70. The maximum Gasteiger partial charge on any atom is 0.0240 e. The molecule has 0 heterocycles. The van der Waals surface area contributed by atoms with Crippen molar-refractivity contribution < 1.29 is 0 Å². The molecule has 0 aliphatic heterocycles. The molecule has 0 saturated carbocycles. The highest BCUT2D eigenvalue weighted by atomic mass is 15.1. The van der Waals surface area contributed by atoms with Gasteiger partial charge in [0.15, 0.2) is 0 Å². The first-order valence-electron chi connectivity index (χ1n) is 8.15. The molecule has 114 valence electrons. The average molecular weight is 291 g/mol. The van der Waals surface area contributed by atoms with E-state index in [1.54, 1.807) is 0 Å². The molecule has 22 heavy (non-hydrogen) atoms. The van der Waals surface area contributed by atoms with E-state index in [1.807, 2.05) is 0 Å². The Morgan fingerprint density at radius 1 is 1.09 bits per heavy atom. The van der Waals surface area contributed by atoms with E-state index in [-0.39, 0.29) is 0 Å². The summed E-state index contributed by atoms with van der Waals surface area (Å²) in [7, 11) is 4.31. The van der Waals surface area contributed by atoms with E-state index in [2.05, 4.69) is 86.6 Å². The highest BCUT2D eigenvalue weighted by Crippen LogP contribution is 2.31. The third kappa shape index (κ3) is 3.15. The van der Waals surface area contributed by atoms with E-state index in [0.29, 0.717) is 11.8 Å². The summed E-state index contributed by atoms with van der Waals surface area (Å²) in [6.45, 7) is 3.48. The summed E-state index contributed by atoms with van der Waals surface area (Å²) in [5.41, 5.74) is 2.97. The van der Waals surface area contributed by atoms with Gasteiger partial charge < -0.3 is 4.90 Å². The lowest BCUT2D eigenvalue weighted by Crippen LogP contribution is -2.27. The maximum absolute atomic E-state index is 2.35. The minimum absolute atomic E-state index is 0.425. The summed E-state index contributed by atoms with van der Waals surface area (Å²) >= 11 is 0. The minimum atomic E-state index is 0.425. The van der Waals surface area contributed by atoms with Crippen LogP contribution in [0.1, 0.15) is 13.3 Å². The summed E-state index contributed by atoms with van der Waals surface area (Å²) in [6.07, 6.45) is 14.8. The smallest absolute Gasteiger partial charge is 0.0240 e. The van der Waals surface area contributed by atoms with Crippen LogP contribution in [0, 0.1) is 11.8 Å². The van der Waals surface area contributed by atoms with Gasteiger partial charge in [-0.1, -0.05) is 73.2 Å². The normalized spacial score (nSPS) is 20.8. The zero-order valence-corrected chi connectivity index (χ0v) is 13.8. The van der Waals surface area contributed by atoms with Crippen LogP contribution in [-0.2, 0) is 0 Å². The zero-order chi connectivity index (χ0) is 15.5. The molecule has 2 atom stereocenters. The van der Waals surface area contributed by atoms with Crippen molar-refractivity contribution in [1.82, 2.24) is 4.90 Å². The molecule has 1 aromatic carbocycles. The van der Waals surface area contributed by atoms with Crippen molar-refractivity contribution in [1.29, 1.82) is 0 Å². The Kier molecular flexibility index (Phi) is 4.44. The molecule has 1 aromatic rings. The fourth-order valence-electron chi connectivity index (χ4n) is 3.61. The SMILES string of the molecule is CC(CC1=CC=c2ccccc2=C2C=CC=CC12)CN(C)C. The van der Waals surface area contributed by atoms with Crippen molar-refractivity contribution in [3.05, 3.63) is 70.7 Å². The second kappa shape index (κ2) is 6.50. The standard InChI is InChI=1S/C21H25N/c1-16(15-22(2)3)14-18-13-12-17-8-4-5-9-19(17)21-11-7-6-10-20(18)21/h4-13,16,20H,14-15H2,1-3H3. The van der Waals surface area contributed by atoms with Gasteiger partial charge in [0, 0.05) is 12.5 Å². The Balaban J connectivity index is 2.01. The number of fused-ring (bicyclic) bond motifs is 2. The quantitative estimate of drug-likeness (QED) is 0.824. The van der Waals surface area contributed by atoms with Crippen LogP contribution in [0.25, 0.3) is 11.6 Å². The van der Waals surface area contributed by atoms with E-state index < -0.39 is 0 Å². The van der Waals surface area contributed by atoms with Crippen LogP contribution < -0.4 is 10.4 Å². The summed E-state index contributed by atoms with van der Waals surface area (Å²) in [6, 6.07) is 8.73. The Hall–Kier alpha value is -1.86. The molecule has 1 heteroatoms. The van der Waals surface area contributed by atoms with Gasteiger partial charge in [-0.05, 0) is 42.4 Å². The van der Waals surface area contributed by atoms with Gasteiger partial charge in [0.2, 0.25) is 0 Å². The summed E-state index contributed by atoms with van der Waals surface area (Å²) in [5.74, 6) is 1.09. The molecule has 0 aromatic heterocycles. The Labute approximate surface area is 133 Å². The van der Waals surface area contributed by atoms with E-state index in [4.69, 9.17) is 0 Å². The number of allylic oxidation sites excluding steroid dienone is 6. The predicted octanol–water partition coefficient (Wildman–Crippen LogP) is 2.89. The molecule has 3 rings (SSSR count). The zero-order valence-electron chi connectivity index (χ0n) is 13.8. The van der Waals surface area contributed by atoms with E-state index in [1.165, 1.54) is 21.6 Å². The lowest BCUT2D eigenvalue weighted by molar-refractivity contribution is 0.336. The van der Waals surface area contributed by atoms with E-state index in [9.17, 15) is 0 Å². The van der Waals surface area contributed by atoms with Crippen molar-refractivity contribution in [3.63, 3.8) is 0 Å². The van der Waals surface area contributed by atoms with Crippen LogP contribution in [0.4, 0.5) is 0 Å². The molecule has 2 aliphatic rings. The van der Waals surface area contributed by atoms with Gasteiger partial charge in [0.05, 0.1) is 0 Å². The molecule has 2 aliphatic carbocycles. The van der Waals surface area contributed by atoms with Gasteiger partial charge in [-0.2, -0.15) is 0 Å². The van der Waals surface area contributed by atoms with E-state index in [0.717, 1.165) is 13.0 Å². The van der Waals surface area contributed by atoms with Gasteiger partial charge in [-0.25, -0.2) is 0 Å².